The molecule has 88 valence electrons. The Morgan fingerprint density at radius 3 is 2.78 bits per heavy atom. The summed E-state index contributed by atoms with van der Waals surface area (Å²) in [6.07, 6.45) is 5.79. The highest BCUT2D eigenvalue weighted by atomic mass is 16.5. The lowest BCUT2D eigenvalue weighted by molar-refractivity contribution is 0.450. The summed E-state index contributed by atoms with van der Waals surface area (Å²) in [5.41, 5.74) is 3.65. The molecule has 0 amide bonds. The number of nitrogens with zero attached hydrogens (tertiary/aromatic N) is 2. The number of fused-ring (bicyclic) bond motifs is 1. The van der Waals surface area contributed by atoms with Gasteiger partial charge in [0, 0.05) is 12.3 Å². The zero-order chi connectivity index (χ0) is 12.4. The van der Waals surface area contributed by atoms with Gasteiger partial charge < -0.3 is 4.52 Å². The topological polar surface area (TPSA) is 38.9 Å². The summed E-state index contributed by atoms with van der Waals surface area (Å²) in [6.45, 7) is 1.91. The van der Waals surface area contributed by atoms with Crippen LogP contribution in [0, 0.1) is 6.92 Å². The predicted octanol–water partition coefficient (Wildman–Crippen LogP) is 3.70. The molecule has 0 saturated heterocycles. The normalized spacial score (nSPS) is 11.4. The Hall–Kier alpha value is -2.42. The van der Waals surface area contributed by atoms with Gasteiger partial charge in [0.25, 0.3) is 0 Å². The number of aromatic nitrogens is 2. The number of pyridine rings is 1. The molecule has 2 aromatic heterocycles. The monoisotopic (exact) mass is 236 g/mol. The maximum atomic E-state index is 5.22. The van der Waals surface area contributed by atoms with Gasteiger partial charge in [-0.1, -0.05) is 41.6 Å². The maximum Gasteiger partial charge on any atom is 0.170 e. The lowest BCUT2D eigenvalue weighted by Crippen LogP contribution is -1.80. The second-order valence-corrected chi connectivity index (χ2v) is 4.12. The number of hydrogen-bond donors (Lipinski definition) is 0. The van der Waals surface area contributed by atoms with Crippen LogP contribution in [-0.2, 0) is 0 Å². The van der Waals surface area contributed by atoms with Crippen LogP contribution in [0.15, 0.2) is 47.1 Å². The molecule has 0 fully saturated rings. The molecule has 0 aliphatic carbocycles. The van der Waals surface area contributed by atoms with E-state index >= 15 is 0 Å². The summed E-state index contributed by atoms with van der Waals surface area (Å²) in [5.74, 6) is 0. The van der Waals surface area contributed by atoms with E-state index in [1.54, 1.807) is 6.20 Å². The van der Waals surface area contributed by atoms with Crippen LogP contribution in [0.3, 0.4) is 0 Å². The van der Waals surface area contributed by atoms with Crippen molar-refractivity contribution in [1.29, 1.82) is 0 Å². The van der Waals surface area contributed by atoms with Gasteiger partial charge in [0.05, 0.1) is 16.8 Å². The van der Waals surface area contributed by atoms with E-state index in [9.17, 15) is 0 Å². The molecule has 0 aliphatic rings. The molecule has 3 nitrogen and oxygen atoms in total. The highest BCUT2D eigenvalue weighted by Gasteiger charge is 2.04. The van der Waals surface area contributed by atoms with Gasteiger partial charge in [-0.2, -0.15) is 0 Å². The first-order valence-corrected chi connectivity index (χ1v) is 5.78. The van der Waals surface area contributed by atoms with Gasteiger partial charge in [-0.05, 0) is 18.6 Å². The largest absolute Gasteiger partial charge is 0.356 e. The van der Waals surface area contributed by atoms with E-state index in [4.69, 9.17) is 4.52 Å². The smallest absolute Gasteiger partial charge is 0.170 e. The van der Waals surface area contributed by atoms with Crippen LogP contribution in [-0.4, -0.2) is 10.1 Å². The van der Waals surface area contributed by atoms with Crippen LogP contribution < -0.4 is 0 Å². The van der Waals surface area contributed by atoms with Crippen LogP contribution in [0.1, 0.15) is 17.0 Å². The van der Waals surface area contributed by atoms with Crippen LogP contribution in [0.5, 0.6) is 0 Å². The fourth-order valence-corrected chi connectivity index (χ4v) is 1.80. The van der Waals surface area contributed by atoms with Gasteiger partial charge >= 0.3 is 0 Å². The Morgan fingerprint density at radius 1 is 1.11 bits per heavy atom. The Balaban J connectivity index is 1.93. The van der Waals surface area contributed by atoms with Crippen molar-refractivity contribution < 1.29 is 4.52 Å². The van der Waals surface area contributed by atoms with Gasteiger partial charge in [-0.3, -0.25) is 4.98 Å². The van der Waals surface area contributed by atoms with Crippen LogP contribution in [0.4, 0.5) is 0 Å². The molecule has 0 bridgehead atoms. The lowest BCUT2D eigenvalue weighted by atomic mass is 10.2. The minimum absolute atomic E-state index is 0.773. The third-order valence-electron chi connectivity index (χ3n) is 2.80. The van der Waals surface area contributed by atoms with Crippen molar-refractivity contribution in [2.45, 2.75) is 6.92 Å². The van der Waals surface area contributed by atoms with Gasteiger partial charge in [-0.15, -0.1) is 0 Å². The maximum absolute atomic E-state index is 5.22. The zero-order valence-electron chi connectivity index (χ0n) is 10.00. The Morgan fingerprint density at radius 2 is 1.94 bits per heavy atom. The third kappa shape index (κ3) is 2.02. The van der Waals surface area contributed by atoms with Crippen molar-refractivity contribution in [3.05, 3.63) is 59.5 Å². The minimum Gasteiger partial charge on any atom is -0.356 e. The molecule has 3 heteroatoms. The zero-order valence-corrected chi connectivity index (χ0v) is 10.00. The molecular weight excluding hydrogens is 224 g/mol. The average molecular weight is 236 g/mol. The molecule has 0 N–H and O–H groups in total. The second-order valence-electron chi connectivity index (χ2n) is 4.12. The van der Waals surface area contributed by atoms with E-state index in [-0.39, 0.29) is 0 Å². The molecule has 2 heterocycles. The fraction of sp³-hybridized carbons (Fsp3) is 0.0667. The number of rotatable bonds is 2. The van der Waals surface area contributed by atoms with Crippen molar-refractivity contribution in [2.24, 2.45) is 0 Å². The third-order valence-corrected chi connectivity index (χ3v) is 2.80. The summed E-state index contributed by atoms with van der Waals surface area (Å²) in [4.78, 5) is 4.37. The van der Waals surface area contributed by atoms with E-state index in [1.807, 2.05) is 55.5 Å². The first-order chi connectivity index (χ1) is 8.83. The predicted molar refractivity (Wildman–Crippen MR) is 71.9 cm³/mol. The second kappa shape index (κ2) is 4.45. The van der Waals surface area contributed by atoms with Gasteiger partial charge in [0.2, 0.25) is 0 Å². The lowest BCUT2D eigenvalue weighted by Gasteiger charge is -1.93. The Bertz CT molecular complexity index is 699. The summed E-state index contributed by atoms with van der Waals surface area (Å²) >= 11 is 0. The van der Waals surface area contributed by atoms with Crippen molar-refractivity contribution in [1.82, 2.24) is 10.1 Å². The summed E-state index contributed by atoms with van der Waals surface area (Å²) in [6, 6.07) is 12.0. The molecule has 0 aliphatic heterocycles. The van der Waals surface area contributed by atoms with Crippen LogP contribution in [0.25, 0.3) is 23.1 Å². The molecule has 0 unspecified atom stereocenters. The number of benzene rings is 1. The van der Waals surface area contributed by atoms with Crippen molar-refractivity contribution in [3.63, 3.8) is 0 Å². The van der Waals surface area contributed by atoms with Gasteiger partial charge in [0.1, 0.15) is 0 Å². The van der Waals surface area contributed by atoms with E-state index in [2.05, 4.69) is 10.1 Å². The molecule has 3 aromatic rings. The Labute approximate surface area is 105 Å². The first-order valence-electron chi connectivity index (χ1n) is 5.78. The molecule has 0 saturated carbocycles. The van der Waals surface area contributed by atoms with Crippen molar-refractivity contribution >= 4 is 23.1 Å². The SMILES string of the molecule is Cc1noc2cc(/C=C/c3ccccc3)ncc12. The van der Waals surface area contributed by atoms with Crippen LogP contribution in [0.2, 0.25) is 0 Å². The number of hydrogen-bond acceptors (Lipinski definition) is 3. The molecular formula is C15H12N2O. The van der Waals surface area contributed by atoms with Crippen molar-refractivity contribution in [3.8, 4) is 0 Å². The van der Waals surface area contributed by atoms with Gasteiger partial charge in [-0.25, -0.2) is 0 Å². The molecule has 1 aromatic carbocycles. The molecule has 0 atom stereocenters. The molecule has 0 radical (unpaired) electrons. The van der Waals surface area contributed by atoms with E-state index < -0.39 is 0 Å². The quantitative estimate of drug-likeness (QED) is 0.681. The summed E-state index contributed by atoms with van der Waals surface area (Å²) in [5, 5.41) is 4.88. The minimum atomic E-state index is 0.773. The fourth-order valence-electron chi connectivity index (χ4n) is 1.80. The van der Waals surface area contributed by atoms with E-state index in [1.165, 1.54) is 0 Å². The van der Waals surface area contributed by atoms with Gasteiger partial charge in [0.15, 0.2) is 5.58 Å². The molecule has 18 heavy (non-hydrogen) atoms. The summed E-state index contributed by atoms with van der Waals surface area (Å²) < 4.78 is 5.22. The van der Waals surface area contributed by atoms with Crippen molar-refractivity contribution in [2.75, 3.05) is 0 Å². The summed E-state index contributed by atoms with van der Waals surface area (Å²) in [7, 11) is 0. The first kappa shape index (κ1) is 10.7. The average Bonchev–Trinajstić information content (AvgIpc) is 2.79. The highest BCUT2D eigenvalue weighted by Crippen LogP contribution is 2.18. The van der Waals surface area contributed by atoms with Crippen LogP contribution >= 0.6 is 0 Å². The van der Waals surface area contributed by atoms with E-state index in [0.717, 1.165) is 27.9 Å². The molecule has 0 spiro atoms. The molecule has 3 rings (SSSR count). The highest BCUT2D eigenvalue weighted by molar-refractivity contribution is 5.81. The number of aryl methyl sites for hydroxylation is 1. The Kier molecular flexibility index (Phi) is 2.65. The standard InChI is InChI=1S/C15H12N2O/c1-11-14-10-16-13(9-15(14)18-17-11)8-7-12-5-3-2-4-6-12/h2-10H,1H3/b8-7+. The van der Waals surface area contributed by atoms with E-state index in [0.29, 0.717) is 0 Å².